The van der Waals surface area contributed by atoms with Crippen LogP contribution in [0.25, 0.3) is 0 Å². The van der Waals surface area contributed by atoms with Gasteiger partial charge in [-0.3, -0.25) is 9.59 Å². The quantitative estimate of drug-likeness (QED) is 0.583. The number of carbonyl (C=O) groups excluding carboxylic acids is 1. The lowest BCUT2D eigenvalue weighted by molar-refractivity contribution is -0.141. The van der Waals surface area contributed by atoms with Gasteiger partial charge in [-0.05, 0) is 19.3 Å². The predicted octanol–water partition coefficient (Wildman–Crippen LogP) is 3.42. The summed E-state index contributed by atoms with van der Waals surface area (Å²) in [6.07, 6.45) is 6.94. The van der Waals surface area contributed by atoms with Crippen molar-refractivity contribution < 1.29 is 14.7 Å². The first-order valence-electron chi connectivity index (χ1n) is 6.32. The molecule has 0 amide bonds. The molecular formula is C13H24O3. The molecule has 0 rings (SSSR count). The monoisotopic (exact) mass is 228 g/mol. The van der Waals surface area contributed by atoms with E-state index >= 15 is 0 Å². The Morgan fingerprint density at radius 1 is 1.06 bits per heavy atom. The van der Waals surface area contributed by atoms with Gasteiger partial charge in [0.25, 0.3) is 0 Å². The number of hydrogen-bond acceptors (Lipinski definition) is 2. The standard InChI is InChI=1S/C13H24O3/c1-3-4-5-9-12(14)10-7-6-8-11(2)13(15)16/h11H,3-10H2,1-2H3,(H,15,16)/t11-/m0/s1. The maximum atomic E-state index is 11.4. The van der Waals surface area contributed by atoms with Crippen molar-refractivity contribution in [1.82, 2.24) is 0 Å². The first-order valence-corrected chi connectivity index (χ1v) is 6.32. The van der Waals surface area contributed by atoms with Gasteiger partial charge in [0, 0.05) is 12.8 Å². The van der Waals surface area contributed by atoms with Crippen molar-refractivity contribution in [2.75, 3.05) is 0 Å². The smallest absolute Gasteiger partial charge is 0.306 e. The summed E-state index contributed by atoms with van der Waals surface area (Å²) in [6.45, 7) is 3.84. The maximum absolute atomic E-state index is 11.4. The SMILES string of the molecule is CCCCCC(=O)CCCC[C@H](C)C(=O)O. The van der Waals surface area contributed by atoms with Crippen LogP contribution in [0.1, 0.15) is 65.2 Å². The van der Waals surface area contributed by atoms with Crippen LogP contribution < -0.4 is 0 Å². The molecule has 0 bridgehead atoms. The fraction of sp³-hybridized carbons (Fsp3) is 0.846. The molecule has 0 aromatic carbocycles. The molecule has 0 heterocycles. The molecule has 0 aromatic heterocycles. The lowest BCUT2D eigenvalue weighted by atomic mass is 10.0. The predicted molar refractivity (Wildman–Crippen MR) is 64.4 cm³/mol. The van der Waals surface area contributed by atoms with Crippen LogP contribution in [0.4, 0.5) is 0 Å². The van der Waals surface area contributed by atoms with E-state index < -0.39 is 5.97 Å². The molecule has 0 aliphatic carbocycles. The van der Waals surface area contributed by atoms with Crippen molar-refractivity contribution in [1.29, 1.82) is 0 Å². The Morgan fingerprint density at radius 2 is 1.62 bits per heavy atom. The average Bonchev–Trinajstić information content (AvgIpc) is 2.24. The molecule has 94 valence electrons. The summed E-state index contributed by atoms with van der Waals surface area (Å²) in [5.41, 5.74) is 0. The minimum atomic E-state index is -0.741. The minimum absolute atomic E-state index is 0.282. The molecule has 1 atom stereocenters. The third-order valence-corrected chi connectivity index (χ3v) is 2.82. The highest BCUT2D eigenvalue weighted by Gasteiger charge is 2.10. The summed E-state index contributed by atoms with van der Waals surface area (Å²) in [7, 11) is 0. The second-order valence-corrected chi connectivity index (χ2v) is 4.48. The first kappa shape index (κ1) is 15.1. The largest absolute Gasteiger partial charge is 0.481 e. The lowest BCUT2D eigenvalue weighted by Gasteiger charge is -2.05. The van der Waals surface area contributed by atoms with Crippen molar-refractivity contribution in [3.05, 3.63) is 0 Å². The van der Waals surface area contributed by atoms with Gasteiger partial charge in [-0.1, -0.05) is 33.1 Å². The molecule has 0 aliphatic heterocycles. The zero-order valence-electron chi connectivity index (χ0n) is 10.5. The van der Waals surface area contributed by atoms with E-state index in [1.54, 1.807) is 6.92 Å². The van der Waals surface area contributed by atoms with Gasteiger partial charge in [0.05, 0.1) is 5.92 Å². The van der Waals surface area contributed by atoms with Crippen LogP contribution in [0.15, 0.2) is 0 Å². The summed E-state index contributed by atoms with van der Waals surface area (Å²) in [4.78, 5) is 21.9. The number of unbranched alkanes of at least 4 members (excludes halogenated alkanes) is 3. The first-order chi connectivity index (χ1) is 7.57. The summed E-state index contributed by atoms with van der Waals surface area (Å²) in [5.74, 6) is -0.694. The van der Waals surface area contributed by atoms with Crippen LogP contribution in [-0.2, 0) is 9.59 Å². The number of carboxylic acid groups (broad SMARTS) is 1. The van der Waals surface area contributed by atoms with Crippen molar-refractivity contribution >= 4 is 11.8 Å². The molecule has 3 heteroatoms. The van der Waals surface area contributed by atoms with Crippen LogP contribution >= 0.6 is 0 Å². The number of rotatable bonds is 10. The highest BCUT2D eigenvalue weighted by atomic mass is 16.4. The van der Waals surface area contributed by atoms with Gasteiger partial charge in [0.15, 0.2) is 0 Å². The topological polar surface area (TPSA) is 54.4 Å². The Balaban J connectivity index is 3.37. The van der Waals surface area contributed by atoms with E-state index in [1.165, 1.54) is 0 Å². The van der Waals surface area contributed by atoms with E-state index in [1.807, 2.05) is 0 Å². The normalized spacial score (nSPS) is 12.4. The number of Topliss-reactive ketones (excluding diaryl/α,β-unsaturated/α-hetero) is 1. The minimum Gasteiger partial charge on any atom is -0.481 e. The van der Waals surface area contributed by atoms with E-state index in [0.29, 0.717) is 25.0 Å². The summed E-state index contributed by atoms with van der Waals surface area (Å²) < 4.78 is 0. The summed E-state index contributed by atoms with van der Waals surface area (Å²) in [5, 5.41) is 8.67. The molecule has 0 unspecified atom stereocenters. The van der Waals surface area contributed by atoms with E-state index in [0.717, 1.165) is 32.1 Å². The van der Waals surface area contributed by atoms with Gasteiger partial charge in [-0.15, -0.1) is 0 Å². The maximum Gasteiger partial charge on any atom is 0.306 e. The fourth-order valence-electron chi connectivity index (χ4n) is 1.59. The van der Waals surface area contributed by atoms with E-state index in [2.05, 4.69) is 6.92 Å². The second kappa shape index (κ2) is 9.37. The van der Waals surface area contributed by atoms with Gasteiger partial charge >= 0.3 is 5.97 Å². The van der Waals surface area contributed by atoms with Crippen molar-refractivity contribution in [3.63, 3.8) is 0 Å². The lowest BCUT2D eigenvalue weighted by Crippen LogP contribution is -2.09. The van der Waals surface area contributed by atoms with Gasteiger partial charge in [-0.2, -0.15) is 0 Å². The van der Waals surface area contributed by atoms with Crippen LogP contribution in [0.2, 0.25) is 0 Å². The Bertz CT molecular complexity index is 211. The molecule has 0 aliphatic rings. The molecule has 16 heavy (non-hydrogen) atoms. The van der Waals surface area contributed by atoms with Crippen molar-refractivity contribution in [2.45, 2.75) is 65.2 Å². The van der Waals surface area contributed by atoms with Crippen LogP contribution in [0.3, 0.4) is 0 Å². The van der Waals surface area contributed by atoms with Gasteiger partial charge in [0.2, 0.25) is 0 Å². The van der Waals surface area contributed by atoms with E-state index in [-0.39, 0.29) is 5.92 Å². The number of hydrogen-bond donors (Lipinski definition) is 1. The molecule has 0 fully saturated rings. The Hall–Kier alpha value is -0.860. The van der Waals surface area contributed by atoms with Crippen molar-refractivity contribution in [2.24, 2.45) is 5.92 Å². The fourth-order valence-corrected chi connectivity index (χ4v) is 1.59. The molecule has 0 saturated heterocycles. The molecule has 0 aromatic rings. The van der Waals surface area contributed by atoms with Gasteiger partial charge < -0.3 is 5.11 Å². The number of aliphatic carboxylic acids is 1. The molecular weight excluding hydrogens is 204 g/mol. The van der Waals surface area contributed by atoms with Crippen molar-refractivity contribution in [3.8, 4) is 0 Å². The van der Waals surface area contributed by atoms with E-state index in [4.69, 9.17) is 5.11 Å². The molecule has 3 nitrogen and oxygen atoms in total. The van der Waals surface area contributed by atoms with E-state index in [9.17, 15) is 9.59 Å². The number of ketones is 1. The number of carboxylic acids is 1. The summed E-state index contributed by atoms with van der Waals surface area (Å²) >= 11 is 0. The third-order valence-electron chi connectivity index (χ3n) is 2.82. The highest BCUT2D eigenvalue weighted by molar-refractivity contribution is 5.78. The molecule has 0 radical (unpaired) electrons. The number of carbonyl (C=O) groups is 2. The Labute approximate surface area is 98.2 Å². The third kappa shape index (κ3) is 8.45. The molecule has 1 N–H and O–H groups in total. The van der Waals surface area contributed by atoms with Crippen LogP contribution in [0, 0.1) is 5.92 Å². The zero-order valence-corrected chi connectivity index (χ0v) is 10.5. The zero-order chi connectivity index (χ0) is 12.4. The van der Waals surface area contributed by atoms with Gasteiger partial charge in [0.1, 0.15) is 5.78 Å². The molecule has 0 spiro atoms. The Kier molecular flexibility index (Phi) is 8.87. The van der Waals surface area contributed by atoms with Gasteiger partial charge in [-0.25, -0.2) is 0 Å². The average molecular weight is 228 g/mol. The molecule has 0 saturated carbocycles. The summed E-state index contributed by atoms with van der Waals surface area (Å²) in [6, 6.07) is 0. The second-order valence-electron chi connectivity index (χ2n) is 4.48. The highest BCUT2D eigenvalue weighted by Crippen LogP contribution is 2.11. The van der Waals surface area contributed by atoms with Crippen LogP contribution in [0.5, 0.6) is 0 Å². The Morgan fingerprint density at radius 3 is 2.12 bits per heavy atom. The van der Waals surface area contributed by atoms with Crippen LogP contribution in [-0.4, -0.2) is 16.9 Å².